The lowest BCUT2D eigenvalue weighted by molar-refractivity contribution is 0.0987. The molecule has 1 aliphatic heterocycles. The minimum atomic E-state index is -0.340. The van der Waals surface area contributed by atoms with Gasteiger partial charge in [0.15, 0.2) is 0 Å². The molecule has 6 nitrogen and oxygen atoms in total. The van der Waals surface area contributed by atoms with Crippen LogP contribution in [0.15, 0.2) is 54.9 Å². The van der Waals surface area contributed by atoms with Gasteiger partial charge < -0.3 is 10.2 Å². The van der Waals surface area contributed by atoms with Crippen LogP contribution >= 0.6 is 23.2 Å². The molecule has 8 heteroatoms. The Hall–Kier alpha value is -2.96. The number of hydrogen-bond donors (Lipinski definition) is 1. The van der Waals surface area contributed by atoms with Crippen molar-refractivity contribution < 1.29 is 9.59 Å². The van der Waals surface area contributed by atoms with E-state index in [1.54, 1.807) is 35.5 Å². The Labute approximate surface area is 171 Å². The van der Waals surface area contributed by atoms with Gasteiger partial charge in [0.25, 0.3) is 11.8 Å². The first kappa shape index (κ1) is 18.4. The van der Waals surface area contributed by atoms with Crippen molar-refractivity contribution in [2.24, 2.45) is 0 Å². The number of nitrogens with one attached hydrogen (secondary N) is 1. The van der Waals surface area contributed by atoms with E-state index in [0.29, 0.717) is 29.8 Å². The summed E-state index contributed by atoms with van der Waals surface area (Å²) in [5, 5.41) is 3.12. The molecule has 1 aliphatic rings. The van der Waals surface area contributed by atoms with Crippen molar-refractivity contribution in [3.8, 4) is 0 Å². The lowest BCUT2D eigenvalue weighted by Gasteiger charge is -2.17. The lowest BCUT2D eigenvalue weighted by Crippen LogP contribution is -2.28. The van der Waals surface area contributed by atoms with Crippen LogP contribution in [0.2, 0.25) is 10.3 Å². The van der Waals surface area contributed by atoms with Gasteiger partial charge in [-0.1, -0.05) is 23.2 Å². The number of hydrogen-bond acceptors (Lipinski definition) is 4. The third-order valence-electron chi connectivity index (χ3n) is 4.41. The van der Waals surface area contributed by atoms with Gasteiger partial charge in [-0.15, -0.1) is 0 Å². The van der Waals surface area contributed by atoms with Crippen LogP contribution < -0.4 is 10.2 Å². The molecule has 1 N–H and O–H groups in total. The van der Waals surface area contributed by atoms with Crippen LogP contribution in [0.3, 0.4) is 0 Å². The van der Waals surface area contributed by atoms with E-state index in [0.717, 1.165) is 11.3 Å². The van der Waals surface area contributed by atoms with E-state index in [9.17, 15) is 9.59 Å². The maximum Gasteiger partial charge on any atom is 0.259 e. The van der Waals surface area contributed by atoms with Crippen LogP contribution in [0.1, 0.15) is 26.3 Å². The smallest absolute Gasteiger partial charge is 0.259 e. The molecule has 28 heavy (non-hydrogen) atoms. The SMILES string of the molecule is O=C(Nc1ccc2c(c1)CCN2C(=O)c1cccnc1)c1cc(Cl)nc(Cl)c1. The summed E-state index contributed by atoms with van der Waals surface area (Å²) in [5.74, 6) is -0.433. The summed E-state index contributed by atoms with van der Waals surface area (Å²) in [4.78, 5) is 34.7. The fourth-order valence-corrected chi connectivity index (χ4v) is 3.60. The maximum atomic E-state index is 12.7. The molecule has 4 rings (SSSR count). The van der Waals surface area contributed by atoms with Crippen molar-refractivity contribution >= 4 is 46.4 Å². The van der Waals surface area contributed by atoms with Gasteiger partial charge in [-0.05, 0) is 54.4 Å². The molecule has 0 fully saturated rings. The van der Waals surface area contributed by atoms with Crippen LogP contribution in [0.25, 0.3) is 0 Å². The molecular formula is C20H14Cl2N4O2. The summed E-state index contributed by atoms with van der Waals surface area (Å²) in [6.45, 7) is 0.579. The van der Waals surface area contributed by atoms with E-state index in [-0.39, 0.29) is 22.1 Å². The number of fused-ring (bicyclic) bond motifs is 1. The minimum Gasteiger partial charge on any atom is -0.322 e. The Morgan fingerprint density at radius 3 is 2.54 bits per heavy atom. The second-order valence-corrected chi connectivity index (χ2v) is 7.02. The molecule has 0 saturated heterocycles. The van der Waals surface area contributed by atoms with Crippen LogP contribution in [0, 0.1) is 0 Å². The molecule has 2 amide bonds. The standard InChI is InChI=1S/C20H14Cl2N4O2/c21-17-9-14(10-18(22)25-17)19(27)24-15-3-4-16-12(8-15)5-7-26(16)20(28)13-2-1-6-23-11-13/h1-4,6,8-11H,5,7H2,(H,24,27). The average molecular weight is 413 g/mol. The van der Waals surface area contributed by atoms with Gasteiger partial charge in [-0.3, -0.25) is 14.6 Å². The first-order valence-electron chi connectivity index (χ1n) is 8.50. The number of pyridine rings is 2. The van der Waals surface area contributed by atoms with Gasteiger partial charge in [0.2, 0.25) is 0 Å². The molecule has 3 aromatic rings. The molecule has 0 saturated carbocycles. The highest BCUT2D eigenvalue weighted by molar-refractivity contribution is 6.33. The number of amides is 2. The molecule has 0 radical (unpaired) electrons. The van der Waals surface area contributed by atoms with Crippen LogP contribution in [-0.4, -0.2) is 28.3 Å². The highest BCUT2D eigenvalue weighted by Gasteiger charge is 2.26. The van der Waals surface area contributed by atoms with Crippen molar-refractivity contribution in [1.82, 2.24) is 9.97 Å². The molecule has 0 aliphatic carbocycles. The molecule has 3 heterocycles. The number of aromatic nitrogens is 2. The zero-order valence-electron chi connectivity index (χ0n) is 14.5. The molecular weight excluding hydrogens is 399 g/mol. The molecule has 0 unspecified atom stereocenters. The van der Waals surface area contributed by atoms with E-state index < -0.39 is 0 Å². The van der Waals surface area contributed by atoms with Crippen LogP contribution in [-0.2, 0) is 6.42 Å². The third kappa shape index (κ3) is 3.69. The van der Waals surface area contributed by atoms with Gasteiger partial charge in [0.05, 0.1) is 5.56 Å². The lowest BCUT2D eigenvalue weighted by atomic mass is 10.1. The number of carbonyl (C=O) groups excluding carboxylic acids is 2. The Kier molecular flexibility index (Phi) is 4.98. The molecule has 0 atom stereocenters. The normalized spacial score (nSPS) is 12.6. The van der Waals surface area contributed by atoms with Gasteiger partial charge in [0.1, 0.15) is 10.3 Å². The van der Waals surface area contributed by atoms with E-state index in [1.165, 1.54) is 12.1 Å². The highest BCUT2D eigenvalue weighted by Crippen LogP contribution is 2.31. The summed E-state index contributed by atoms with van der Waals surface area (Å²) in [6.07, 6.45) is 3.89. The first-order chi connectivity index (χ1) is 13.5. The van der Waals surface area contributed by atoms with E-state index >= 15 is 0 Å². The molecule has 140 valence electrons. The number of carbonyl (C=O) groups is 2. The number of anilines is 2. The fourth-order valence-electron chi connectivity index (χ4n) is 3.13. The van der Waals surface area contributed by atoms with Crippen LogP contribution in [0.4, 0.5) is 11.4 Å². The molecule has 2 aromatic heterocycles. The van der Waals surface area contributed by atoms with Gasteiger partial charge in [-0.25, -0.2) is 4.98 Å². The first-order valence-corrected chi connectivity index (χ1v) is 9.26. The summed E-state index contributed by atoms with van der Waals surface area (Å²) in [7, 11) is 0. The Morgan fingerprint density at radius 1 is 1.04 bits per heavy atom. The third-order valence-corrected chi connectivity index (χ3v) is 4.80. The molecule has 0 spiro atoms. The van der Waals surface area contributed by atoms with Crippen molar-refractivity contribution in [3.63, 3.8) is 0 Å². The predicted molar refractivity (Wildman–Crippen MR) is 108 cm³/mol. The van der Waals surface area contributed by atoms with Crippen molar-refractivity contribution in [2.75, 3.05) is 16.8 Å². The number of nitrogens with zero attached hydrogens (tertiary/aromatic N) is 3. The summed E-state index contributed by atoms with van der Waals surface area (Å²) >= 11 is 11.7. The Balaban J connectivity index is 1.54. The number of halogens is 2. The highest BCUT2D eigenvalue weighted by atomic mass is 35.5. The molecule has 1 aromatic carbocycles. The topological polar surface area (TPSA) is 75.2 Å². The second-order valence-electron chi connectivity index (χ2n) is 6.25. The second kappa shape index (κ2) is 7.58. The number of rotatable bonds is 3. The summed E-state index contributed by atoms with van der Waals surface area (Å²) in [6, 6.07) is 11.8. The van der Waals surface area contributed by atoms with Gasteiger partial charge >= 0.3 is 0 Å². The van der Waals surface area contributed by atoms with Crippen molar-refractivity contribution in [1.29, 1.82) is 0 Å². The largest absolute Gasteiger partial charge is 0.322 e. The van der Waals surface area contributed by atoms with Gasteiger partial charge in [-0.2, -0.15) is 0 Å². The average Bonchev–Trinajstić information content (AvgIpc) is 3.10. The monoisotopic (exact) mass is 412 g/mol. The quantitative estimate of drug-likeness (QED) is 0.652. The number of benzene rings is 1. The Bertz CT molecular complexity index is 1050. The van der Waals surface area contributed by atoms with E-state index in [2.05, 4.69) is 15.3 Å². The fraction of sp³-hybridized carbons (Fsp3) is 0.100. The van der Waals surface area contributed by atoms with E-state index in [4.69, 9.17) is 23.2 Å². The zero-order valence-corrected chi connectivity index (χ0v) is 16.0. The van der Waals surface area contributed by atoms with Crippen molar-refractivity contribution in [2.45, 2.75) is 6.42 Å². The summed E-state index contributed by atoms with van der Waals surface area (Å²) in [5.41, 5.74) is 3.31. The maximum absolute atomic E-state index is 12.7. The molecule has 0 bridgehead atoms. The summed E-state index contributed by atoms with van der Waals surface area (Å²) < 4.78 is 0. The van der Waals surface area contributed by atoms with E-state index in [1.807, 2.05) is 12.1 Å². The van der Waals surface area contributed by atoms with Crippen molar-refractivity contribution in [3.05, 3.63) is 81.9 Å². The predicted octanol–water partition coefficient (Wildman–Crippen LogP) is 4.24. The Morgan fingerprint density at radius 2 is 1.82 bits per heavy atom. The zero-order chi connectivity index (χ0) is 19.7. The minimum absolute atomic E-state index is 0.0929. The van der Waals surface area contributed by atoms with Crippen LogP contribution in [0.5, 0.6) is 0 Å². The van der Waals surface area contributed by atoms with Gasteiger partial charge in [0, 0.05) is 35.9 Å².